The first-order valence-corrected chi connectivity index (χ1v) is 5.64. The molecule has 0 bridgehead atoms. The first-order chi connectivity index (χ1) is 8.38. The molecule has 0 aliphatic carbocycles. The molecule has 0 amide bonds. The van der Waals surface area contributed by atoms with Crippen LogP contribution in [0.1, 0.15) is 11.1 Å². The van der Waals surface area contributed by atoms with Crippen LogP contribution in [0.5, 0.6) is 5.75 Å². The Morgan fingerprint density at radius 3 is 2.71 bits per heavy atom. The number of hydrogen-bond acceptors (Lipinski definition) is 3. The second-order valence-corrected chi connectivity index (χ2v) is 3.82. The fraction of sp³-hybridized carbons (Fsp3) is 0.214. The first-order valence-electron chi connectivity index (χ1n) is 5.64. The Bertz CT molecular complexity index is 457. The molecule has 3 nitrogen and oxygen atoms in total. The maximum atomic E-state index is 5.72. The van der Waals surface area contributed by atoms with Crippen molar-refractivity contribution in [3.63, 3.8) is 0 Å². The van der Waals surface area contributed by atoms with Gasteiger partial charge in [0.2, 0.25) is 0 Å². The fourth-order valence-electron chi connectivity index (χ4n) is 1.60. The zero-order valence-electron chi connectivity index (χ0n) is 9.89. The molecular formula is C14H16N2O. The molecule has 2 aromatic rings. The summed E-state index contributed by atoms with van der Waals surface area (Å²) in [7, 11) is 1.94. The van der Waals surface area contributed by atoms with Gasteiger partial charge in [0.1, 0.15) is 12.4 Å². The van der Waals surface area contributed by atoms with Crippen molar-refractivity contribution in [1.29, 1.82) is 0 Å². The summed E-state index contributed by atoms with van der Waals surface area (Å²) in [6.07, 6.45) is 3.55. The van der Waals surface area contributed by atoms with Gasteiger partial charge < -0.3 is 10.1 Å². The maximum Gasteiger partial charge on any atom is 0.120 e. The van der Waals surface area contributed by atoms with Gasteiger partial charge in [0, 0.05) is 18.9 Å². The van der Waals surface area contributed by atoms with Gasteiger partial charge >= 0.3 is 0 Å². The number of nitrogens with zero attached hydrogens (tertiary/aromatic N) is 1. The van der Waals surface area contributed by atoms with E-state index >= 15 is 0 Å². The molecule has 1 aromatic carbocycles. The van der Waals surface area contributed by atoms with Crippen molar-refractivity contribution in [2.75, 3.05) is 7.05 Å². The van der Waals surface area contributed by atoms with E-state index in [1.807, 2.05) is 31.3 Å². The normalized spacial score (nSPS) is 10.2. The molecule has 3 heteroatoms. The number of aromatic nitrogens is 1. The van der Waals surface area contributed by atoms with E-state index < -0.39 is 0 Å². The minimum absolute atomic E-state index is 0.575. The minimum atomic E-state index is 0.575. The highest BCUT2D eigenvalue weighted by Crippen LogP contribution is 2.14. The van der Waals surface area contributed by atoms with Gasteiger partial charge in [-0.15, -0.1) is 0 Å². The van der Waals surface area contributed by atoms with Crippen molar-refractivity contribution in [1.82, 2.24) is 10.3 Å². The molecule has 0 saturated carbocycles. The summed E-state index contributed by atoms with van der Waals surface area (Å²) >= 11 is 0. The van der Waals surface area contributed by atoms with E-state index in [1.165, 1.54) is 5.56 Å². The lowest BCUT2D eigenvalue weighted by molar-refractivity contribution is 0.305. The molecule has 1 heterocycles. The highest BCUT2D eigenvalue weighted by atomic mass is 16.5. The third kappa shape index (κ3) is 3.57. The van der Waals surface area contributed by atoms with E-state index in [2.05, 4.69) is 22.4 Å². The van der Waals surface area contributed by atoms with E-state index in [0.717, 1.165) is 17.9 Å². The third-order valence-electron chi connectivity index (χ3n) is 2.43. The summed E-state index contributed by atoms with van der Waals surface area (Å²) in [6.45, 7) is 1.43. The standard InChI is InChI=1S/C14H16N2O/c1-15-10-13-3-2-4-14(9-13)17-11-12-5-7-16-8-6-12/h2-9,15H,10-11H2,1H3. The van der Waals surface area contributed by atoms with Crippen LogP contribution in [0.3, 0.4) is 0 Å². The molecule has 0 aliphatic heterocycles. The van der Waals surface area contributed by atoms with Gasteiger partial charge in [-0.3, -0.25) is 4.98 Å². The highest BCUT2D eigenvalue weighted by Gasteiger charge is 1.97. The molecule has 17 heavy (non-hydrogen) atoms. The number of ether oxygens (including phenoxy) is 1. The van der Waals surface area contributed by atoms with Crippen LogP contribution in [-0.4, -0.2) is 12.0 Å². The molecule has 1 aromatic heterocycles. The van der Waals surface area contributed by atoms with Crippen LogP contribution < -0.4 is 10.1 Å². The molecular weight excluding hydrogens is 212 g/mol. The Labute approximate surface area is 101 Å². The molecule has 0 radical (unpaired) electrons. The van der Waals surface area contributed by atoms with Crippen molar-refractivity contribution in [2.45, 2.75) is 13.2 Å². The van der Waals surface area contributed by atoms with E-state index in [9.17, 15) is 0 Å². The van der Waals surface area contributed by atoms with Crippen molar-refractivity contribution in [2.24, 2.45) is 0 Å². The number of nitrogens with one attached hydrogen (secondary N) is 1. The lowest BCUT2D eigenvalue weighted by Crippen LogP contribution is -2.05. The monoisotopic (exact) mass is 228 g/mol. The van der Waals surface area contributed by atoms with E-state index in [-0.39, 0.29) is 0 Å². The lowest BCUT2D eigenvalue weighted by Gasteiger charge is -2.07. The van der Waals surface area contributed by atoms with Gasteiger partial charge in [-0.25, -0.2) is 0 Å². The Kier molecular flexibility index (Phi) is 4.11. The molecule has 0 fully saturated rings. The number of benzene rings is 1. The molecule has 88 valence electrons. The molecule has 0 aliphatic rings. The van der Waals surface area contributed by atoms with E-state index in [1.54, 1.807) is 12.4 Å². The van der Waals surface area contributed by atoms with Crippen molar-refractivity contribution < 1.29 is 4.74 Å². The third-order valence-corrected chi connectivity index (χ3v) is 2.43. The molecule has 0 spiro atoms. The lowest BCUT2D eigenvalue weighted by atomic mass is 10.2. The summed E-state index contributed by atoms with van der Waals surface area (Å²) in [5.74, 6) is 0.898. The van der Waals surface area contributed by atoms with Gasteiger partial charge in [0.05, 0.1) is 0 Å². The first kappa shape index (κ1) is 11.6. The molecule has 1 N–H and O–H groups in total. The average molecular weight is 228 g/mol. The van der Waals surface area contributed by atoms with Crippen molar-refractivity contribution in [3.8, 4) is 5.75 Å². The van der Waals surface area contributed by atoms with Crippen LogP contribution in [0.4, 0.5) is 0 Å². The van der Waals surface area contributed by atoms with Gasteiger partial charge in [0.25, 0.3) is 0 Å². The number of pyridine rings is 1. The fourth-order valence-corrected chi connectivity index (χ4v) is 1.60. The van der Waals surface area contributed by atoms with Crippen LogP contribution in [0.2, 0.25) is 0 Å². The topological polar surface area (TPSA) is 34.1 Å². The van der Waals surface area contributed by atoms with Crippen LogP contribution in [0.15, 0.2) is 48.8 Å². The zero-order valence-corrected chi connectivity index (χ0v) is 9.89. The van der Waals surface area contributed by atoms with Crippen molar-refractivity contribution in [3.05, 3.63) is 59.9 Å². The summed E-state index contributed by atoms with van der Waals surface area (Å²) in [6, 6.07) is 12.0. The Morgan fingerprint density at radius 2 is 1.94 bits per heavy atom. The van der Waals surface area contributed by atoms with Crippen LogP contribution in [-0.2, 0) is 13.2 Å². The average Bonchev–Trinajstić information content (AvgIpc) is 2.39. The van der Waals surface area contributed by atoms with Crippen LogP contribution in [0.25, 0.3) is 0 Å². The molecule has 0 atom stereocenters. The van der Waals surface area contributed by atoms with Gasteiger partial charge in [-0.1, -0.05) is 12.1 Å². The predicted octanol–water partition coefficient (Wildman–Crippen LogP) is 2.38. The Balaban J connectivity index is 1.97. The second kappa shape index (κ2) is 6.01. The van der Waals surface area contributed by atoms with E-state index in [0.29, 0.717) is 6.61 Å². The van der Waals surface area contributed by atoms with Gasteiger partial charge in [-0.2, -0.15) is 0 Å². The molecule has 0 saturated heterocycles. The summed E-state index contributed by atoms with van der Waals surface area (Å²) in [5, 5.41) is 3.12. The summed E-state index contributed by atoms with van der Waals surface area (Å²) in [5.41, 5.74) is 2.35. The van der Waals surface area contributed by atoms with Crippen LogP contribution >= 0.6 is 0 Å². The number of rotatable bonds is 5. The predicted molar refractivity (Wildman–Crippen MR) is 67.8 cm³/mol. The summed E-state index contributed by atoms with van der Waals surface area (Å²) < 4.78 is 5.72. The van der Waals surface area contributed by atoms with Gasteiger partial charge in [0.15, 0.2) is 0 Å². The SMILES string of the molecule is CNCc1cccc(OCc2ccncc2)c1. The summed E-state index contributed by atoms with van der Waals surface area (Å²) in [4.78, 5) is 3.98. The smallest absolute Gasteiger partial charge is 0.120 e. The Hall–Kier alpha value is -1.87. The van der Waals surface area contributed by atoms with Crippen LogP contribution in [0, 0.1) is 0 Å². The largest absolute Gasteiger partial charge is 0.489 e. The second-order valence-electron chi connectivity index (χ2n) is 3.82. The highest BCUT2D eigenvalue weighted by molar-refractivity contribution is 5.28. The minimum Gasteiger partial charge on any atom is -0.489 e. The zero-order chi connectivity index (χ0) is 11.9. The van der Waals surface area contributed by atoms with Gasteiger partial charge in [-0.05, 0) is 42.4 Å². The maximum absolute atomic E-state index is 5.72. The van der Waals surface area contributed by atoms with Crippen molar-refractivity contribution >= 4 is 0 Å². The number of hydrogen-bond donors (Lipinski definition) is 1. The molecule has 0 unspecified atom stereocenters. The van der Waals surface area contributed by atoms with E-state index in [4.69, 9.17) is 4.74 Å². The Morgan fingerprint density at radius 1 is 1.12 bits per heavy atom. The molecule has 2 rings (SSSR count). The quantitative estimate of drug-likeness (QED) is 0.853.